The van der Waals surface area contributed by atoms with E-state index in [9.17, 15) is 5.11 Å². The number of ether oxygens (including phenoxy) is 1. The summed E-state index contributed by atoms with van der Waals surface area (Å²) in [6.07, 6.45) is 3.88. The van der Waals surface area contributed by atoms with Gasteiger partial charge in [-0.15, -0.1) is 0 Å². The minimum atomic E-state index is -0.0183. The van der Waals surface area contributed by atoms with E-state index in [0.717, 1.165) is 38.8 Å². The van der Waals surface area contributed by atoms with Crippen LogP contribution >= 0.6 is 0 Å². The van der Waals surface area contributed by atoms with Crippen LogP contribution in [0.5, 0.6) is 0 Å². The highest BCUT2D eigenvalue weighted by Crippen LogP contribution is 2.36. The third-order valence-electron chi connectivity index (χ3n) is 3.63. The van der Waals surface area contributed by atoms with Gasteiger partial charge in [0.1, 0.15) is 0 Å². The van der Waals surface area contributed by atoms with Gasteiger partial charge in [-0.1, -0.05) is 13.8 Å². The molecule has 0 saturated carbocycles. The fourth-order valence-corrected chi connectivity index (χ4v) is 2.62. The molecule has 3 nitrogen and oxygen atoms in total. The molecule has 0 aromatic rings. The molecule has 1 rings (SSSR count). The molecule has 0 radical (unpaired) electrons. The van der Waals surface area contributed by atoms with E-state index in [2.05, 4.69) is 26.1 Å². The summed E-state index contributed by atoms with van der Waals surface area (Å²) in [5.41, 5.74) is 0.0715. The van der Waals surface area contributed by atoms with Crippen molar-refractivity contribution in [2.75, 3.05) is 19.8 Å². The lowest BCUT2D eigenvalue weighted by molar-refractivity contribution is -0.104. The maximum Gasteiger partial charge on any atom is 0.0669 e. The van der Waals surface area contributed by atoms with Crippen molar-refractivity contribution in [3.63, 3.8) is 0 Å². The van der Waals surface area contributed by atoms with Gasteiger partial charge in [0, 0.05) is 18.8 Å². The number of aliphatic hydroxyl groups is 1. The SMILES string of the molecule is CCNC1(CCO)CCOC(C)(CC)C1. The van der Waals surface area contributed by atoms with E-state index in [4.69, 9.17) is 4.74 Å². The Morgan fingerprint density at radius 1 is 1.40 bits per heavy atom. The molecular weight excluding hydrogens is 190 g/mol. The van der Waals surface area contributed by atoms with E-state index < -0.39 is 0 Å². The van der Waals surface area contributed by atoms with Crippen LogP contribution in [0.25, 0.3) is 0 Å². The number of aliphatic hydroxyl groups excluding tert-OH is 1. The lowest BCUT2D eigenvalue weighted by atomic mass is 9.77. The molecule has 1 aliphatic rings. The van der Waals surface area contributed by atoms with Gasteiger partial charge >= 0.3 is 0 Å². The fraction of sp³-hybridized carbons (Fsp3) is 1.00. The van der Waals surface area contributed by atoms with Crippen molar-refractivity contribution in [1.82, 2.24) is 5.32 Å². The standard InChI is InChI=1S/C12H25NO2/c1-4-11(3)10-12(6-8-14,13-5-2)7-9-15-11/h13-14H,4-10H2,1-3H3. The Bertz CT molecular complexity index is 185. The van der Waals surface area contributed by atoms with Crippen molar-refractivity contribution >= 4 is 0 Å². The molecule has 1 aliphatic heterocycles. The summed E-state index contributed by atoms with van der Waals surface area (Å²) in [6, 6.07) is 0. The molecule has 15 heavy (non-hydrogen) atoms. The second kappa shape index (κ2) is 5.28. The first-order valence-corrected chi connectivity index (χ1v) is 6.09. The minimum Gasteiger partial charge on any atom is -0.396 e. The lowest BCUT2D eigenvalue weighted by Crippen LogP contribution is -2.55. The minimum absolute atomic E-state index is 0.0183. The van der Waals surface area contributed by atoms with Gasteiger partial charge in [-0.2, -0.15) is 0 Å². The summed E-state index contributed by atoms with van der Waals surface area (Å²) in [7, 11) is 0. The van der Waals surface area contributed by atoms with Crippen molar-refractivity contribution in [2.24, 2.45) is 0 Å². The predicted octanol–water partition coefficient (Wildman–Crippen LogP) is 1.70. The first-order chi connectivity index (χ1) is 7.10. The van der Waals surface area contributed by atoms with Gasteiger partial charge in [0.2, 0.25) is 0 Å². The third kappa shape index (κ3) is 3.16. The van der Waals surface area contributed by atoms with Crippen LogP contribution in [-0.2, 0) is 4.74 Å². The van der Waals surface area contributed by atoms with Crippen LogP contribution in [0.1, 0.15) is 46.5 Å². The van der Waals surface area contributed by atoms with Gasteiger partial charge in [0.05, 0.1) is 5.60 Å². The van der Waals surface area contributed by atoms with E-state index in [1.165, 1.54) is 0 Å². The monoisotopic (exact) mass is 215 g/mol. The first-order valence-electron chi connectivity index (χ1n) is 6.09. The summed E-state index contributed by atoms with van der Waals surface area (Å²) >= 11 is 0. The smallest absolute Gasteiger partial charge is 0.0669 e. The fourth-order valence-electron chi connectivity index (χ4n) is 2.62. The zero-order valence-electron chi connectivity index (χ0n) is 10.3. The largest absolute Gasteiger partial charge is 0.396 e. The highest BCUT2D eigenvalue weighted by molar-refractivity contribution is 4.97. The Labute approximate surface area is 93.2 Å². The summed E-state index contributed by atoms with van der Waals surface area (Å²) < 4.78 is 5.84. The van der Waals surface area contributed by atoms with Crippen molar-refractivity contribution in [1.29, 1.82) is 0 Å². The van der Waals surface area contributed by atoms with Crippen LogP contribution in [0.2, 0.25) is 0 Å². The Kier molecular flexibility index (Phi) is 4.56. The summed E-state index contributed by atoms with van der Waals surface area (Å²) in [4.78, 5) is 0. The average molecular weight is 215 g/mol. The summed E-state index contributed by atoms with van der Waals surface area (Å²) in [5, 5.41) is 12.7. The van der Waals surface area contributed by atoms with Crippen LogP contribution in [0.4, 0.5) is 0 Å². The molecular formula is C12H25NO2. The number of hydrogen-bond acceptors (Lipinski definition) is 3. The molecule has 90 valence electrons. The molecule has 2 atom stereocenters. The normalized spacial score (nSPS) is 36.8. The van der Waals surface area contributed by atoms with E-state index in [1.807, 2.05) is 0 Å². The second-order valence-corrected chi connectivity index (χ2v) is 4.86. The highest BCUT2D eigenvalue weighted by Gasteiger charge is 2.41. The molecule has 0 amide bonds. The first kappa shape index (κ1) is 12.9. The zero-order valence-corrected chi connectivity index (χ0v) is 10.3. The Morgan fingerprint density at radius 2 is 2.13 bits per heavy atom. The van der Waals surface area contributed by atoms with E-state index in [0.29, 0.717) is 0 Å². The number of nitrogens with one attached hydrogen (secondary N) is 1. The lowest BCUT2D eigenvalue weighted by Gasteiger charge is -2.46. The maximum absolute atomic E-state index is 9.17. The van der Waals surface area contributed by atoms with Crippen molar-refractivity contribution in [3.8, 4) is 0 Å². The van der Waals surface area contributed by atoms with E-state index in [-0.39, 0.29) is 17.7 Å². The third-order valence-corrected chi connectivity index (χ3v) is 3.63. The summed E-state index contributed by atoms with van der Waals surface area (Å²) in [6.45, 7) is 8.48. The Morgan fingerprint density at radius 3 is 2.67 bits per heavy atom. The van der Waals surface area contributed by atoms with Crippen molar-refractivity contribution in [2.45, 2.75) is 57.6 Å². The van der Waals surface area contributed by atoms with Crippen LogP contribution in [0.3, 0.4) is 0 Å². The van der Waals surface area contributed by atoms with E-state index in [1.54, 1.807) is 0 Å². The van der Waals surface area contributed by atoms with Gasteiger partial charge < -0.3 is 15.2 Å². The molecule has 0 aromatic heterocycles. The average Bonchev–Trinajstić information content (AvgIpc) is 2.18. The quantitative estimate of drug-likeness (QED) is 0.733. The molecule has 1 fully saturated rings. The Balaban J connectivity index is 2.70. The van der Waals surface area contributed by atoms with Crippen molar-refractivity contribution in [3.05, 3.63) is 0 Å². The van der Waals surface area contributed by atoms with Crippen LogP contribution in [-0.4, -0.2) is 36.0 Å². The van der Waals surface area contributed by atoms with E-state index >= 15 is 0 Å². The van der Waals surface area contributed by atoms with Crippen LogP contribution in [0.15, 0.2) is 0 Å². The van der Waals surface area contributed by atoms with Crippen LogP contribution in [0, 0.1) is 0 Å². The maximum atomic E-state index is 9.17. The molecule has 0 bridgehead atoms. The predicted molar refractivity (Wildman–Crippen MR) is 62.0 cm³/mol. The molecule has 2 unspecified atom stereocenters. The number of hydrogen-bond donors (Lipinski definition) is 2. The molecule has 0 aromatic carbocycles. The summed E-state index contributed by atoms with van der Waals surface area (Å²) in [5.74, 6) is 0. The molecule has 0 spiro atoms. The Hall–Kier alpha value is -0.120. The molecule has 3 heteroatoms. The zero-order chi connectivity index (χ0) is 11.4. The van der Waals surface area contributed by atoms with Gasteiger partial charge in [-0.3, -0.25) is 0 Å². The van der Waals surface area contributed by atoms with Gasteiger partial charge in [0.25, 0.3) is 0 Å². The van der Waals surface area contributed by atoms with Gasteiger partial charge in [0.15, 0.2) is 0 Å². The number of rotatable bonds is 5. The van der Waals surface area contributed by atoms with Gasteiger partial charge in [-0.05, 0) is 39.2 Å². The highest BCUT2D eigenvalue weighted by atomic mass is 16.5. The topological polar surface area (TPSA) is 41.5 Å². The van der Waals surface area contributed by atoms with Crippen molar-refractivity contribution < 1.29 is 9.84 Å². The second-order valence-electron chi connectivity index (χ2n) is 4.86. The van der Waals surface area contributed by atoms with Crippen LogP contribution < -0.4 is 5.32 Å². The molecule has 1 saturated heterocycles. The molecule has 0 aliphatic carbocycles. The molecule has 2 N–H and O–H groups in total. The molecule has 1 heterocycles. The van der Waals surface area contributed by atoms with Gasteiger partial charge in [-0.25, -0.2) is 0 Å².